The molecule has 0 aromatic heterocycles. The average Bonchev–Trinajstić information content (AvgIpc) is 2.83. The Labute approximate surface area is 89.6 Å². The maximum Gasteiger partial charge on any atom is 0.240 e. The van der Waals surface area contributed by atoms with Crippen molar-refractivity contribution in [3.63, 3.8) is 0 Å². The lowest BCUT2D eigenvalue weighted by molar-refractivity contribution is -0.127. The second-order valence-corrected chi connectivity index (χ2v) is 4.60. The number of hydrogen-bond donors (Lipinski definition) is 3. The summed E-state index contributed by atoms with van der Waals surface area (Å²) in [5, 5.41) is 2.71. The molecular weight excluding hydrogens is 194 g/mol. The molecule has 0 bridgehead atoms. The van der Waals surface area contributed by atoms with Crippen LogP contribution in [-0.4, -0.2) is 23.4 Å². The maximum absolute atomic E-state index is 11.7. The first-order valence-corrected chi connectivity index (χ1v) is 5.22. The van der Waals surface area contributed by atoms with Gasteiger partial charge in [0, 0.05) is 12.5 Å². The van der Waals surface area contributed by atoms with Gasteiger partial charge in [-0.2, -0.15) is 0 Å². The Bertz CT molecular complexity index is 272. The first-order valence-electron chi connectivity index (χ1n) is 5.22. The van der Waals surface area contributed by atoms with Crippen LogP contribution in [0.1, 0.15) is 33.1 Å². The molecular formula is C10H19N3O2. The molecule has 2 unspecified atom stereocenters. The van der Waals surface area contributed by atoms with Gasteiger partial charge in [-0.1, -0.05) is 0 Å². The highest BCUT2D eigenvalue weighted by Crippen LogP contribution is 2.38. The van der Waals surface area contributed by atoms with E-state index in [9.17, 15) is 9.59 Å². The zero-order valence-electron chi connectivity index (χ0n) is 9.25. The highest BCUT2D eigenvalue weighted by atomic mass is 16.2. The third-order valence-corrected chi connectivity index (χ3v) is 2.80. The van der Waals surface area contributed by atoms with Crippen molar-refractivity contribution in [3.05, 3.63) is 0 Å². The molecule has 5 N–H and O–H groups in total. The zero-order chi connectivity index (χ0) is 11.6. The lowest BCUT2D eigenvalue weighted by atomic mass is 9.95. The van der Waals surface area contributed by atoms with E-state index in [0.29, 0.717) is 0 Å². The summed E-state index contributed by atoms with van der Waals surface area (Å²) in [6.07, 6.45) is 2.15. The van der Waals surface area contributed by atoms with Gasteiger partial charge in [0.1, 0.15) is 0 Å². The summed E-state index contributed by atoms with van der Waals surface area (Å²) in [6.45, 7) is 3.47. The van der Waals surface area contributed by atoms with Crippen LogP contribution in [0.5, 0.6) is 0 Å². The molecule has 0 aliphatic heterocycles. The molecule has 0 saturated heterocycles. The molecule has 0 radical (unpaired) electrons. The number of nitrogens with one attached hydrogen (secondary N) is 1. The summed E-state index contributed by atoms with van der Waals surface area (Å²) in [7, 11) is 0. The van der Waals surface area contributed by atoms with Gasteiger partial charge >= 0.3 is 0 Å². The summed E-state index contributed by atoms with van der Waals surface area (Å²) in [4.78, 5) is 22.4. The van der Waals surface area contributed by atoms with Gasteiger partial charge in [0.2, 0.25) is 11.8 Å². The summed E-state index contributed by atoms with van der Waals surface area (Å²) < 4.78 is 0. The summed E-state index contributed by atoms with van der Waals surface area (Å²) in [5.74, 6) is -0.343. The molecule has 5 nitrogen and oxygen atoms in total. The third-order valence-electron chi connectivity index (χ3n) is 2.80. The van der Waals surface area contributed by atoms with Crippen LogP contribution < -0.4 is 16.8 Å². The van der Waals surface area contributed by atoms with E-state index in [1.54, 1.807) is 13.8 Å². The molecule has 0 heterocycles. The molecule has 1 rings (SSSR count). The maximum atomic E-state index is 11.7. The van der Waals surface area contributed by atoms with Gasteiger partial charge in [-0.25, -0.2) is 0 Å². The second kappa shape index (κ2) is 4.18. The molecule has 1 fully saturated rings. The van der Waals surface area contributed by atoms with Gasteiger partial charge in [-0.3, -0.25) is 9.59 Å². The number of rotatable bonds is 5. The molecule has 1 aliphatic carbocycles. The van der Waals surface area contributed by atoms with Crippen molar-refractivity contribution in [2.45, 2.75) is 44.7 Å². The van der Waals surface area contributed by atoms with E-state index >= 15 is 0 Å². The molecule has 0 aromatic rings. The molecule has 1 saturated carbocycles. The van der Waals surface area contributed by atoms with Crippen molar-refractivity contribution in [2.24, 2.45) is 17.4 Å². The van der Waals surface area contributed by atoms with E-state index < -0.39 is 11.4 Å². The summed E-state index contributed by atoms with van der Waals surface area (Å²) >= 11 is 0. The second-order valence-electron chi connectivity index (χ2n) is 4.60. The van der Waals surface area contributed by atoms with Gasteiger partial charge in [-0.15, -0.1) is 0 Å². The number of amides is 2. The van der Waals surface area contributed by atoms with Crippen molar-refractivity contribution in [1.82, 2.24) is 5.32 Å². The van der Waals surface area contributed by atoms with E-state index in [1.807, 2.05) is 0 Å². The quantitative estimate of drug-likeness (QED) is 0.574. The summed E-state index contributed by atoms with van der Waals surface area (Å²) in [6, 6.07) is -0.253. The Morgan fingerprint density at radius 1 is 1.53 bits per heavy atom. The molecule has 5 heteroatoms. The van der Waals surface area contributed by atoms with Gasteiger partial charge in [0.15, 0.2) is 0 Å². The zero-order valence-corrected chi connectivity index (χ0v) is 9.25. The fourth-order valence-electron chi connectivity index (χ4n) is 1.60. The Morgan fingerprint density at radius 3 is 2.47 bits per heavy atom. The fraction of sp³-hybridized carbons (Fsp3) is 0.800. The van der Waals surface area contributed by atoms with Crippen LogP contribution in [0.4, 0.5) is 0 Å². The smallest absolute Gasteiger partial charge is 0.240 e. The van der Waals surface area contributed by atoms with E-state index in [-0.39, 0.29) is 24.3 Å². The van der Waals surface area contributed by atoms with Crippen LogP contribution in [0, 0.1) is 5.92 Å². The Hall–Kier alpha value is -1.10. The number of nitrogens with two attached hydrogens (primary N) is 2. The van der Waals surface area contributed by atoms with Crippen molar-refractivity contribution in [3.8, 4) is 0 Å². The topological polar surface area (TPSA) is 98.2 Å². The molecule has 2 amide bonds. The van der Waals surface area contributed by atoms with E-state index in [1.165, 1.54) is 0 Å². The van der Waals surface area contributed by atoms with Crippen LogP contribution in [0.3, 0.4) is 0 Å². The number of primary amides is 1. The lowest BCUT2D eigenvalue weighted by Gasteiger charge is -2.25. The van der Waals surface area contributed by atoms with Crippen molar-refractivity contribution in [1.29, 1.82) is 0 Å². The molecule has 1 aliphatic rings. The highest BCUT2D eigenvalue weighted by molar-refractivity contribution is 5.87. The molecule has 2 atom stereocenters. The highest BCUT2D eigenvalue weighted by Gasteiger charge is 2.44. The minimum absolute atomic E-state index is 0.145. The van der Waals surface area contributed by atoms with Crippen LogP contribution in [-0.2, 0) is 9.59 Å². The normalized spacial score (nSPS) is 21.5. The van der Waals surface area contributed by atoms with Gasteiger partial charge in [-0.05, 0) is 32.6 Å². The number of carbonyl (C=O) groups is 2. The SMILES string of the molecule is CC(CC(N)=O)NC(=O)C(C)(N)C1CC1. The van der Waals surface area contributed by atoms with Crippen molar-refractivity contribution >= 4 is 11.8 Å². The predicted molar refractivity (Wildman–Crippen MR) is 56.7 cm³/mol. The van der Waals surface area contributed by atoms with Crippen LogP contribution in [0.2, 0.25) is 0 Å². The molecule has 15 heavy (non-hydrogen) atoms. The summed E-state index contributed by atoms with van der Waals surface area (Å²) in [5.41, 5.74) is 10.1. The fourth-order valence-corrected chi connectivity index (χ4v) is 1.60. The van der Waals surface area contributed by atoms with Gasteiger partial charge < -0.3 is 16.8 Å². The lowest BCUT2D eigenvalue weighted by Crippen LogP contribution is -2.55. The van der Waals surface area contributed by atoms with Crippen LogP contribution in [0.25, 0.3) is 0 Å². The van der Waals surface area contributed by atoms with E-state index in [0.717, 1.165) is 12.8 Å². The Kier molecular flexibility index (Phi) is 3.34. The Morgan fingerprint density at radius 2 is 2.07 bits per heavy atom. The monoisotopic (exact) mass is 213 g/mol. The minimum atomic E-state index is -0.814. The predicted octanol–water partition coefficient (Wildman–Crippen LogP) is -0.506. The van der Waals surface area contributed by atoms with E-state index in [4.69, 9.17) is 11.5 Å². The Balaban J connectivity index is 2.43. The van der Waals surface area contributed by atoms with Crippen molar-refractivity contribution < 1.29 is 9.59 Å². The first kappa shape index (κ1) is 12.0. The average molecular weight is 213 g/mol. The molecule has 86 valence electrons. The van der Waals surface area contributed by atoms with Crippen molar-refractivity contribution in [2.75, 3.05) is 0 Å². The van der Waals surface area contributed by atoms with Gasteiger partial charge in [0.05, 0.1) is 5.54 Å². The van der Waals surface area contributed by atoms with Gasteiger partial charge in [0.25, 0.3) is 0 Å². The molecule has 0 aromatic carbocycles. The van der Waals surface area contributed by atoms with Crippen LogP contribution >= 0.6 is 0 Å². The third kappa shape index (κ3) is 3.20. The van der Waals surface area contributed by atoms with Crippen LogP contribution in [0.15, 0.2) is 0 Å². The number of hydrogen-bond acceptors (Lipinski definition) is 3. The number of carbonyl (C=O) groups excluding carboxylic acids is 2. The van der Waals surface area contributed by atoms with E-state index in [2.05, 4.69) is 5.32 Å². The molecule has 0 spiro atoms. The largest absolute Gasteiger partial charge is 0.370 e. The first-order chi connectivity index (χ1) is 6.84. The minimum Gasteiger partial charge on any atom is -0.370 e. The standard InChI is InChI=1S/C10H19N3O2/c1-6(5-8(11)14)13-9(15)10(2,12)7-3-4-7/h6-7H,3-5,12H2,1-2H3,(H2,11,14)(H,13,15).